The summed E-state index contributed by atoms with van der Waals surface area (Å²) in [7, 11) is 0. The maximum Gasteiger partial charge on any atom is 0.340 e. The minimum atomic E-state index is -0.613. The van der Waals surface area contributed by atoms with E-state index >= 15 is 0 Å². The largest absolute Gasteiger partial charge is 0.462 e. The standard InChI is InChI=1S/C10H17NO4/c1-3-5-6-7-9(8-11(13)14)10(12)15-4-2/h8H,3-7H2,1-2H3/b9-8+. The lowest BCUT2D eigenvalue weighted by atomic mass is 10.1. The van der Waals surface area contributed by atoms with Crippen LogP contribution in [0.3, 0.4) is 0 Å². The molecular formula is C10H17NO4. The quantitative estimate of drug-likeness (QED) is 0.215. The number of nitro groups is 1. The van der Waals surface area contributed by atoms with Gasteiger partial charge < -0.3 is 4.74 Å². The van der Waals surface area contributed by atoms with Crippen molar-refractivity contribution in [3.8, 4) is 0 Å². The highest BCUT2D eigenvalue weighted by atomic mass is 16.6. The molecule has 5 nitrogen and oxygen atoms in total. The molecule has 0 atom stereocenters. The Balaban J connectivity index is 4.31. The lowest BCUT2D eigenvalue weighted by Gasteiger charge is -2.03. The fourth-order valence-corrected chi connectivity index (χ4v) is 1.14. The van der Waals surface area contributed by atoms with Gasteiger partial charge in [0.2, 0.25) is 6.20 Å². The zero-order chi connectivity index (χ0) is 11.7. The molecule has 0 radical (unpaired) electrons. The summed E-state index contributed by atoms with van der Waals surface area (Å²) in [5.74, 6) is -0.578. The zero-order valence-corrected chi connectivity index (χ0v) is 9.19. The summed E-state index contributed by atoms with van der Waals surface area (Å²) in [6.45, 7) is 3.94. The molecule has 0 aromatic carbocycles. The molecular weight excluding hydrogens is 198 g/mol. The molecule has 0 bridgehead atoms. The highest BCUT2D eigenvalue weighted by Gasteiger charge is 2.14. The number of esters is 1. The van der Waals surface area contributed by atoms with Crippen LogP contribution in [-0.2, 0) is 9.53 Å². The topological polar surface area (TPSA) is 69.4 Å². The molecule has 0 N–H and O–H groups in total. The van der Waals surface area contributed by atoms with Crippen LogP contribution in [0.1, 0.15) is 39.5 Å². The third-order valence-electron chi connectivity index (χ3n) is 1.85. The van der Waals surface area contributed by atoms with E-state index in [4.69, 9.17) is 4.74 Å². The van der Waals surface area contributed by atoms with Gasteiger partial charge in [-0.05, 0) is 19.8 Å². The molecule has 0 aliphatic rings. The van der Waals surface area contributed by atoms with E-state index in [1.165, 1.54) is 0 Å². The van der Waals surface area contributed by atoms with Crippen molar-refractivity contribution in [3.63, 3.8) is 0 Å². The number of carbonyl (C=O) groups excluding carboxylic acids is 1. The van der Waals surface area contributed by atoms with Crippen molar-refractivity contribution < 1.29 is 14.5 Å². The van der Waals surface area contributed by atoms with Crippen molar-refractivity contribution >= 4 is 5.97 Å². The van der Waals surface area contributed by atoms with Crippen LogP contribution in [0, 0.1) is 10.1 Å². The maximum absolute atomic E-state index is 11.3. The number of unbranched alkanes of at least 4 members (excludes halogenated alkanes) is 2. The van der Waals surface area contributed by atoms with E-state index in [9.17, 15) is 14.9 Å². The van der Waals surface area contributed by atoms with Gasteiger partial charge in [-0.3, -0.25) is 10.1 Å². The van der Waals surface area contributed by atoms with Gasteiger partial charge in [-0.15, -0.1) is 0 Å². The average Bonchev–Trinajstić information content (AvgIpc) is 2.16. The smallest absolute Gasteiger partial charge is 0.340 e. The van der Waals surface area contributed by atoms with Gasteiger partial charge in [0.15, 0.2) is 0 Å². The van der Waals surface area contributed by atoms with Crippen LogP contribution in [0.2, 0.25) is 0 Å². The fraction of sp³-hybridized carbons (Fsp3) is 0.700. The molecule has 0 spiro atoms. The average molecular weight is 215 g/mol. The lowest BCUT2D eigenvalue weighted by molar-refractivity contribution is -0.403. The molecule has 15 heavy (non-hydrogen) atoms. The minimum absolute atomic E-state index is 0.148. The van der Waals surface area contributed by atoms with Crippen LogP contribution in [-0.4, -0.2) is 17.5 Å². The van der Waals surface area contributed by atoms with E-state index in [2.05, 4.69) is 0 Å². The first-order valence-electron chi connectivity index (χ1n) is 5.13. The predicted octanol–water partition coefficient (Wildman–Crippen LogP) is 2.29. The Morgan fingerprint density at radius 2 is 2.07 bits per heavy atom. The van der Waals surface area contributed by atoms with Crippen molar-refractivity contribution in [1.82, 2.24) is 0 Å². The van der Waals surface area contributed by atoms with Crippen LogP contribution in [0.25, 0.3) is 0 Å². The number of hydrogen-bond acceptors (Lipinski definition) is 4. The Hall–Kier alpha value is -1.39. The van der Waals surface area contributed by atoms with Crippen molar-refractivity contribution in [2.75, 3.05) is 6.61 Å². The first-order valence-corrected chi connectivity index (χ1v) is 5.13. The summed E-state index contributed by atoms with van der Waals surface area (Å²) in [5.41, 5.74) is 0.148. The Kier molecular flexibility index (Phi) is 7.23. The zero-order valence-electron chi connectivity index (χ0n) is 9.19. The third-order valence-corrected chi connectivity index (χ3v) is 1.85. The highest BCUT2D eigenvalue weighted by molar-refractivity contribution is 5.88. The molecule has 0 rings (SSSR count). The molecule has 0 heterocycles. The van der Waals surface area contributed by atoms with Gasteiger partial charge in [0, 0.05) is 0 Å². The number of hydrogen-bond donors (Lipinski definition) is 0. The molecule has 0 saturated carbocycles. The molecule has 0 aromatic rings. The van der Waals surface area contributed by atoms with Crippen LogP contribution in [0.5, 0.6) is 0 Å². The minimum Gasteiger partial charge on any atom is -0.462 e. The number of ether oxygens (including phenoxy) is 1. The van der Waals surface area contributed by atoms with Crippen molar-refractivity contribution in [3.05, 3.63) is 21.9 Å². The van der Waals surface area contributed by atoms with Gasteiger partial charge in [-0.25, -0.2) is 4.79 Å². The van der Waals surface area contributed by atoms with Crippen molar-refractivity contribution in [2.24, 2.45) is 0 Å². The second-order valence-electron chi connectivity index (χ2n) is 3.12. The van der Waals surface area contributed by atoms with Gasteiger partial charge in [0.25, 0.3) is 0 Å². The second kappa shape index (κ2) is 7.96. The number of carbonyl (C=O) groups is 1. The summed E-state index contributed by atoms with van der Waals surface area (Å²) in [6, 6.07) is 0. The van der Waals surface area contributed by atoms with Gasteiger partial charge in [0.05, 0.1) is 11.5 Å². The maximum atomic E-state index is 11.3. The number of rotatable bonds is 7. The van der Waals surface area contributed by atoms with Crippen molar-refractivity contribution in [1.29, 1.82) is 0 Å². The van der Waals surface area contributed by atoms with Crippen LogP contribution >= 0.6 is 0 Å². The fourth-order valence-electron chi connectivity index (χ4n) is 1.14. The van der Waals surface area contributed by atoms with E-state index in [0.717, 1.165) is 25.5 Å². The molecule has 0 saturated heterocycles. The van der Waals surface area contributed by atoms with Gasteiger partial charge in [-0.1, -0.05) is 19.8 Å². The van der Waals surface area contributed by atoms with E-state index < -0.39 is 10.9 Å². The lowest BCUT2D eigenvalue weighted by Crippen LogP contribution is -2.09. The normalized spacial score (nSPS) is 11.2. The second-order valence-corrected chi connectivity index (χ2v) is 3.12. The van der Waals surface area contributed by atoms with Crippen LogP contribution in [0.4, 0.5) is 0 Å². The summed E-state index contributed by atoms with van der Waals surface area (Å²) >= 11 is 0. The molecule has 0 aliphatic carbocycles. The molecule has 0 unspecified atom stereocenters. The Morgan fingerprint density at radius 3 is 2.53 bits per heavy atom. The molecule has 0 aliphatic heterocycles. The predicted molar refractivity (Wildman–Crippen MR) is 55.9 cm³/mol. The third kappa shape index (κ3) is 6.65. The molecule has 5 heteroatoms. The summed E-state index contributed by atoms with van der Waals surface area (Å²) < 4.78 is 4.72. The Labute approximate surface area is 89.3 Å². The van der Waals surface area contributed by atoms with Crippen molar-refractivity contribution in [2.45, 2.75) is 39.5 Å². The molecule has 0 aromatic heterocycles. The van der Waals surface area contributed by atoms with Crippen LogP contribution < -0.4 is 0 Å². The summed E-state index contributed by atoms with van der Waals surface area (Å²) in [6.07, 6.45) is 3.89. The SMILES string of the molecule is CCCCC/C(=C\[N+](=O)[O-])C(=O)OCC. The first-order chi connectivity index (χ1) is 7.11. The highest BCUT2D eigenvalue weighted by Crippen LogP contribution is 2.10. The Bertz CT molecular complexity index is 248. The monoisotopic (exact) mass is 215 g/mol. The van der Waals surface area contributed by atoms with Crippen LogP contribution in [0.15, 0.2) is 11.8 Å². The van der Waals surface area contributed by atoms with E-state index in [0.29, 0.717) is 6.42 Å². The van der Waals surface area contributed by atoms with Gasteiger partial charge in [0.1, 0.15) is 5.57 Å². The molecule has 86 valence electrons. The van der Waals surface area contributed by atoms with E-state index in [1.54, 1.807) is 6.92 Å². The van der Waals surface area contributed by atoms with Gasteiger partial charge in [-0.2, -0.15) is 0 Å². The summed E-state index contributed by atoms with van der Waals surface area (Å²) in [5, 5.41) is 10.3. The Morgan fingerprint density at radius 1 is 1.40 bits per heavy atom. The molecule has 0 fully saturated rings. The number of nitrogens with zero attached hydrogens (tertiary/aromatic N) is 1. The van der Waals surface area contributed by atoms with E-state index in [1.807, 2.05) is 6.92 Å². The van der Waals surface area contributed by atoms with Gasteiger partial charge >= 0.3 is 5.97 Å². The molecule has 0 amide bonds. The van der Waals surface area contributed by atoms with E-state index in [-0.39, 0.29) is 12.2 Å². The summed E-state index contributed by atoms with van der Waals surface area (Å²) in [4.78, 5) is 20.9. The first kappa shape index (κ1) is 13.6.